The van der Waals surface area contributed by atoms with Crippen LogP contribution in [0.25, 0.3) is 11.1 Å². The highest BCUT2D eigenvalue weighted by Gasteiger charge is 2.09. The summed E-state index contributed by atoms with van der Waals surface area (Å²) in [5.41, 5.74) is 10.1. The van der Waals surface area contributed by atoms with Gasteiger partial charge in [-0.25, -0.2) is 0 Å². The van der Waals surface area contributed by atoms with Crippen LogP contribution in [-0.2, 0) is 17.9 Å². The molecule has 2 amide bonds. The smallest absolute Gasteiger partial charge is 0.251 e. The molecule has 0 saturated carbocycles. The number of likely N-dealkylation sites (N-methyl/N-ethyl adjacent to an activating group) is 1. The van der Waals surface area contributed by atoms with Crippen molar-refractivity contribution in [2.75, 3.05) is 20.7 Å². The fourth-order valence-corrected chi connectivity index (χ4v) is 3.21. The molecule has 0 aliphatic heterocycles. The number of hydrogen-bond donors (Lipinski definition) is 2. The first kappa shape index (κ1) is 22.1. The monoisotopic (exact) mass is 417 g/mol. The summed E-state index contributed by atoms with van der Waals surface area (Å²) in [7, 11) is 3.36. The molecule has 3 rings (SSSR count). The zero-order valence-corrected chi connectivity index (χ0v) is 17.8. The molecule has 0 aliphatic rings. The van der Waals surface area contributed by atoms with E-state index < -0.39 is 0 Å². The second-order valence-electron chi connectivity index (χ2n) is 7.26. The van der Waals surface area contributed by atoms with Gasteiger partial charge in [0, 0.05) is 25.7 Å². The van der Waals surface area contributed by atoms with Crippen LogP contribution in [0.1, 0.15) is 21.5 Å². The minimum atomic E-state index is -0.127. The van der Waals surface area contributed by atoms with Gasteiger partial charge in [-0.2, -0.15) is 0 Å². The second-order valence-corrected chi connectivity index (χ2v) is 7.26. The lowest BCUT2D eigenvalue weighted by Gasteiger charge is -2.16. The van der Waals surface area contributed by atoms with E-state index in [0.717, 1.165) is 28.0 Å². The predicted molar refractivity (Wildman–Crippen MR) is 122 cm³/mol. The Morgan fingerprint density at radius 1 is 0.935 bits per heavy atom. The van der Waals surface area contributed by atoms with Gasteiger partial charge in [-0.05, 0) is 52.6 Å². The van der Waals surface area contributed by atoms with E-state index in [2.05, 4.69) is 5.32 Å². The van der Waals surface area contributed by atoms with Gasteiger partial charge in [-0.1, -0.05) is 42.5 Å². The highest BCUT2D eigenvalue weighted by atomic mass is 16.5. The summed E-state index contributed by atoms with van der Waals surface area (Å²) < 4.78 is 5.14. The zero-order chi connectivity index (χ0) is 22.2. The van der Waals surface area contributed by atoms with Crippen LogP contribution in [0.3, 0.4) is 0 Å². The number of rotatable bonds is 8. The molecule has 3 N–H and O–H groups in total. The van der Waals surface area contributed by atoms with Crippen molar-refractivity contribution in [1.82, 2.24) is 10.2 Å². The zero-order valence-electron chi connectivity index (χ0n) is 17.8. The van der Waals surface area contributed by atoms with Gasteiger partial charge < -0.3 is 20.7 Å². The van der Waals surface area contributed by atoms with E-state index in [1.807, 2.05) is 72.8 Å². The van der Waals surface area contributed by atoms with Crippen LogP contribution in [0.5, 0.6) is 5.75 Å². The van der Waals surface area contributed by atoms with Crippen molar-refractivity contribution < 1.29 is 14.3 Å². The third-order valence-electron chi connectivity index (χ3n) is 5.04. The third-order valence-corrected chi connectivity index (χ3v) is 5.04. The van der Waals surface area contributed by atoms with Crippen molar-refractivity contribution in [2.45, 2.75) is 13.1 Å². The van der Waals surface area contributed by atoms with Gasteiger partial charge in [0.15, 0.2) is 0 Å². The molecule has 0 unspecified atom stereocenters. The number of nitrogens with two attached hydrogens (primary N) is 1. The fourth-order valence-electron chi connectivity index (χ4n) is 3.21. The normalized spacial score (nSPS) is 10.4. The average molecular weight is 418 g/mol. The summed E-state index contributed by atoms with van der Waals surface area (Å²) >= 11 is 0. The molecule has 6 nitrogen and oxygen atoms in total. The maximum Gasteiger partial charge on any atom is 0.251 e. The number of nitrogens with one attached hydrogen (secondary N) is 1. The van der Waals surface area contributed by atoms with Crippen LogP contribution in [-0.4, -0.2) is 37.4 Å². The van der Waals surface area contributed by atoms with Crippen LogP contribution >= 0.6 is 0 Å². The molecule has 0 aromatic heterocycles. The van der Waals surface area contributed by atoms with Crippen molar-refractivity contribution >= 4 is 11.8 Å². The van der Waals surface area contributed by atoms with Crippen molar-refractivity contribution in [1.29, 1.82) is 0 Å². The Morgan fingerprint density at radius 3 is 2.29 bits per heavy atom. The molecule has 0 radical (unpaired) electrons. The summed E-state index contributed by atoms with van der Waals surface area (Å²) in [5.74, 6) is 0.556. The fraction of sp³-hybridized carbons (Fsp3) is 0.200. The first-order valence-corrected chi connectivity index (χ1v) is 10.0. The molecule has 160 valence electrons. The van der Waals surface area contributed by atoms with Crippen molar-refractivity contribution in [3.63, 3.8) is 0 Å². The summed E-state index contributed by atoms with van der Waals surface area (Å²) in [4.78, 5) is 25.8. The Bertz CT molecular complexity index is 1030. The number of ether oxygens (including phenoxy) is 1. The van der Waals surface area contributed by atoms with Crippen LogP contribution < -0.4 is 15.8 Å². The summed E-state index contributed by atoms with van der Waals surface area (Å²) in [6, 6.07) is 23.1. The van der Waals surface area contributed by atoms with Crippen LogP contribution in [0.15, 0.2) is 72.8 Å². The SMILES string of the molecule is COc1ccc(CNC(=O)c2ccc(-c3cccc(CN(C)C(=O)CN)c3)cc2)cc1. The highest BCUT2D eigenvalue weighted by Crippen LogP contribution is 2.22. The summed E-state index contributed by atoms with van der Waals surface area (Å²) in [6.07, 6.45) is 0. The quantitative estimate of drug-likeness (QED) is 0.589. The molecule has 0 heterocycles. The standard InChI is InChI=1S/C25H27N3O3/c1-28(24(29)15-26)17-19-4-3-5-22(14-19)20-8-10-21(11-9-20)25(30)27-16-18-6-12-23(31-2)13-7-18/h3-14H,15-17,26H2,1-2H3,(H,27,30). The van der Waals surface area contributed by atoms with Gasteiger partial charge in [-0.3, -0.25) is 9.59 Å². The first-order valence-electron chi connectivity index (χ1n) is 10.0. The van der Waals surface area contributed by atoms with Crippen LogP contribution in [0.4, 0.5) is 0 Å². The third kappa shape index (κ3) is 5.93. The van der Waals surface area contributed by atoms with Gasteiger partial charge in [0.25, 0.3) is 5.91 Å². The number of nitrogens with zero attached hydrogens (tertiary/aromatic N) is 1. The molecule has 0 atom stereocenters. The predicted octanol–water partition coefficient (Wildman–Crippen LogP) is 3.21. The molecule has 0 saturated heterocycles. The molecule has 31 heavy (non-hydrogen) atoms. The lowest BCUT2D eigenvalue weighted by molar-refractivity contribution is -0.128. The Kier molecular flexibility index (Phi) is 7.40. The van der Waals surface area contributed by atoms with E-state index in [9.17, 15) is 9.59 Å². The highest BCUT2D eigenvalue weighted by molar-refractivity contribution is 5.94. The maximum absolute atomic E-state index is 12.5. The van der Waals surface area contributed by atoms with Gasteiger partial charge in [0.2, 0.25) is 5.91 Å². The van der Waals surface area contributed by atoms with Crippen molar-refractivity contribution in [3.05, 3.63) is 89.5 Å². The van der Waals surface area contributed by atoms with Gasteiger partial charge in [0.1, 0.15) is 5.75 Å². The lowest BCUT2D eigenvalue weighted by atomic mass is 10.0. The topological polar surface area (TPSA) is 84.7 Å². The van der Waals surface area contributed by atoms with E-state index in [1.165, 1.54) is 0 Å². The average Bonchev–Trinajstić information content (AvgIpc) is 2.82. The molecule has 3 aromatic carbocycles. The minimum absolute atomic E-state index is 0.00180. The van der Waals surface area contributed by atoms with E-state index in [-0.39, 0.29) is 18.4 Å². The van der Waals surface area contributed by atoms with E-state index in [0.29, 0.717) is 18.7 Å². The maximum atomic E-state index is 12.5. The molecule has 0 spiro atoms. The Hall–Kier alpha value is -3.64. The number of amides is 2. The second kappa shape index (κ2) is 10.4. The molecule has 0 fully saturated rings. The molecule has 6 heteroatoms. The van der Waals surface area contributed by atoms with E-state index >= 15 is 0 Å². The number of carbonyl (C=O) groups is 2. The number of methoxy groups -OCH3 is 1. The van der Waals surface area contributed by atoms with Crippen molar-refractivity contribution in [3.8, 4) is 16.9 Å². The molecule has 0 bridgehead atoms. The number of carbonyl (C=O) groups excluding carboxylic acids is 2. The van der Waals surface area contributed by atoms with E-state index in [1.54, 1.807) is 19.1 Å². The first-order chi connectivity index (χ1) is 15.0. The number of hydrogen-bond acceptors (Lipinski definition) is 4. The minimum Gasteiger partial charge on any atom is -0.497 e. The molecular weight excluding hydrogens is 390 g/mol. The summed E-state index contributed by atoms with van der Waals surface area (Å²) in [5, 5.41) is 2.93. The Morgan fingerprint density at radius 2 is 1.65 bits per heavy atom. The van der Waals surface area contributed by atoms with Crippen LogP contribution in [0, 0.1) is 0 Å². The Balaban J connectivity index is 1.63. The largest absolute Gasteiger partial charge is 0.497 e. The Labute approximate surface area is 182 Å². The van der Waals surface area contributed by atoms with Gasteiger partial charge in [0.05, 0.1) is 13.7 Å². The molecule has 3 aromatic rings. The molecular formula is C25H27N3O3. The lowest BCUT2D eigenvalue weighted by Crippen LogP contribution is -2.32. The van der Waals surface area contributed by atoms with Crippen molar-refractivity contribution in [2.24, 2.45) is 5.73 Å². The number of benzene rings is 3. The van der Waals surface area contributed by atoms with Crippen LogP contribution in [0.2, 0.25) is 0 Å². The molecule has 0 aliphatic carbocycles. The van der Waals surface area contributed by atoms with Gasteiger partial charge >= 0.3 is 0 Å². The summed E-state index contributed by atoms with van der Waals surface area (Å²) in [6.45, 7) is 0.940. The van der Waals surface area contributed by atoms with Gasteiger partial charge in [-0.15, -0.1) is 0 Å². The van der Waals surface area contributed by atoms with E-state index in [4.69, 9.17) is 10.5 Å².